The molecule has 0 bridgehead atoms. The van der Waals surface area contributed by atoms with Crippen LogP contribution in [-0.2, 0) is 14.8 Å². The first-order valence-corrected chi connectivity index (χ1v) is 11.5. The van der Waals surface area contributed by atoms with Crippen molar-refractivity contribution in [1.82, 2.24) is 0 Å². The van der Waals surface area contributed by atoms with Gasteiger partial charge in [-0.1, -0.05) is 29.8 Å². The van der Waals surface area contributed by atoms with Crippen LogP contribution in [0.4, 0.5) is 15.8 Å². The molecule has 0 aliphatic carbocycles. The van der Waals surface area contributed by atoms with Gasteiger partial charge >= 0.3 is 0 Å². The number of benzene rings is 3. The Bertz CT molecular complexity index is 1180. The molecule has 0 aromatic heterocycles. The average molecular weight is 457 g/mol. The van der Waals surface area contributed by atoms with Gasteiger partial charge in [0.15, 0.2) is 0 Å². The topological polar surface area (TPSA) is 75.7 Å². The van der Waals surface area contributed by atoms with E-state index in [1.807, 2.05) is 20.8 Å². The molecule has 6 nitrogen and oxygen atoms in total. The Hall–Kier alpha value is -3.39. The number of rotatable bonds is 8. The van der Waals surface area contributed by atoms with Crippen LogP contribution >= 0.6 is 0 Å². The van der Waals surface area contributed by atoms with Gasteiger partial charge in [0.1, 0.15) is 18.1 Å². The third-order valence-corrected chi connectivity index (χ3v) is 6.32. The van der Waals surface area contributed by atoms with Gasteiger partial charge in [0.05, 0.1) is 22.4 Å². The van der Waals surface area contributed by atoms with E-state index in [1.165, 1.54) is 12.1 Å². The molecule has 0 fully saturated rings. The second kappa shape index (κ2) is 9.82. The number of hydrogen-bond donors (Lipinski definition) is 1. The fourth-order valence-electron chi connectivity index (χ4n) is 3.01. The summed E-state index contributed by atoms with van der Waals surface area (Å²) in [4.78, 5) is 12.8. The Morgan fingerprint density at radius 1 is 1.00 bits per heavy atom. The standard InChI is InChI=1S/C24H25FN2O4S/c1-17(2)31-23-7-5-4-6-22(23)26-24(28)16-27(20-12-8-18(3)9-13-20)32(29,30)21-14-10-19(25)11-15-21/h4-15,17H,16H2,1-3H3,(H,26,28). The molecule has 0 saturated heterocycles. The number of amides is 1. The molecular formula is C24H25FN2O4S. The van der Waals surface area contributed by atoms with E-state index < -0.39 is 28.3 Å². The molecule has 0 radical (unpaired) electrons. The fraction of sp³-hybridized carbons (Fsp3) is 0.208. The van der Waals surface area contributed by atoms with Crippen molar-refractivity contribution in [2.45, 2.75) is 31.8 Å². The Morgan fingerprint density at radius 2 is 1.62 bits per heavy atom. The predicted molar refractivity (Wildman–Crippen MR) is 123 cm³/mol. The molecule has 3 aromatic carbocycles. The minimum absolute atomic E-state index is 0.101. The largest absolute Gasteiger partial charge is 0.489 e. The first kappa shape index (κ1) is 23.3. The Kier molecular flexibility index (Phi) is 7.15. The highest BCUT2D eigenvalue weighted by atomic mass is 32.2. The minimum atomic E-state index is -4.13. The van der Waals surface area contributed by atoms with Crippen LogP contribution in [0.5, 0.6) is 5.75 Å². The molecule has 3 aromatic rings. The number of hydrogen-bond acceptors (Lipinski definition) is 4. The number of carbonyl (C=O) groups is 1. The zero-order chi connectivity index (χ0) is 23.3. The van der Waals surface area contributed by atoms with E-state index >= 15 is 0 Å². The lowest BCUT2D eigenvalue weighted by Crippen LogP contribution is -2.38. The van der Waals surface area contributed by atoms with Crippen LogP contribution in [0.1, 0.15) is 19.4 Å². The third-order valence-electron chi connectivity index (χ3n) is 4.53. The van der Waals surface area contributed by atoms with E-state index in [2.05, 4.69) is 5.32 Å². The summed E-state index contributed by atoms with van der Waals surface area (Å²) in [6.45, 7) is 5.14. The molecule has 1 amide bonds. The first-order valence-electron chi connectivity index (χ1n) is 10.1. The van der Waals surface area contributed by atoms with Gasteiger partial charge < -0.3 is 10.1 Å². The Morgan fingerprint density at radius 3 is 2.25 bits per heavy atom. The number of aryl methyl sites for hydroxylation is 1. The molecule has 0 unspecified atom stereocenters. The summed E-state index contributed by atoms with van der Waals surface area (Å²) in [5.74, 6) is -0.611. The highest BCUT2D eigenvalue weighted by Crippen LogP contribution is 2.27. The van der Waals surface area contributed by atoms with E-state index in [9.17, 15) is 17.6 Å². The molecule has 0 aliphatic rings. The summed E-state index contributed by atoms with van der Waals surface area (Å²) in [7, 11) is -4.13. The minimum Gasteiger partial charge on any atom is -0.489 e. The summed E-state index contributed by atoms with van der Waals surface area (Å²) >= 11 is 0. The molecule has 1 N–H and O–H groups in total. The lowest BCUT2D eigenvalue weighted by Gasteiger charge is -2.24. The summed E-state index contributed by atoms with van der Waals surface area (Å²) < 4.78 is 46.7. The molecule has 0 atom stereocenters. The summed E-state index contributed by atoms with van der Waals surface area (Å²) in [5, 5.41) is 2.73. The molecular weight excluding hydrogens is 431 g/mol. The van der Waals surface area contributed by atoms with Crippen molar-refractivity contribution >= 4 is 27.3 Å². The molecule has 8 heteroatoms. The van der Waals surface area contributed by atoms with Gasteiger partial charge in [0, 0.05) is 0 Å². The van der Waals surface area contributed by atoms with Crippen molar-refractivity contribution in [3.8, 4) is 5.75 Å². The van der Waals surface area contributed by atoms with Crippen LogP contribution in [0.2, 0.25) is 0 Å². The molecule has 3 rings (SSSR count). The molecule has 0 spiro atoms. The maximum Gasteiger partial charge on any atom is 0.264 e. The van der Waals surface area contributed by atoms with Crippen LogP contribution in [0, 0.1) is 12.7 Å². The van der Waals surface area contributed by atoms with Crippen LogP contribution in [0.3, 0.4) is 0 Å². The number of ether oxygens (including phenoxy) is 1. The number of nitrogens with one attached hydrogen (secondary N) is 1. The summed E-state index contributed by atoms with van der Waals surface area (Å²) in [5.41, 5.74) is 1.70. The second-order valence-corrected chi connectivity index (χ2v) is 9.37. The average Bonchev–Trinajstić information content (AvgIpc) is 2.74. The van der Waals surface area contributed by atoms with Crippen LogP contribution < -0.4 is 14.4 Å². The van der Waals surface area contributed by atoms with Gasteiger partial charge in [-0.2, -0.15) is 0 Å². The van der Waals surface area contributed by atoms with Gasteiger partial charge in [-0.25, -0.2) is 12.8 Å². The van der Waals surface area contributed by atoms with Gasteiger partial charge in [0.2, 0.25) is 5.91 Å². The number of nitrogens with zero attached hydrogens (tertiary/aromatic N) is 1. The number of anilines is 2. The second-order valence-electron chi connectivity index (χ2n) is 7.51. The van der Waals surface area contributed by atoms with E-state index in [4.69, 9.17) is 4.74 Å². The SMILES string of the molecule is Cc1ccc(N(CC(=O)Nc2ccccc2OC(C)C)S(=O)(=O)c2ccc(F)cc2)cc1. The van der Waals surface area contributed by atoms with Crippen molar-refractivity contribution in [2.75, 3.05) is 16.2 Å². The highest BCUT2D eigenvalue weighted by Gasteiger charge is 2.27. The van der Waals surface area contributed by atoms with Crippen molar-refractivity contribution in [2.24, 2.45) is 0 Å². The normalized spacial score (nSPS) is 11.3. The smallest absolute Gasteiger partial charge is 0.264 e. The number of para-hydroxylation sites is 2. The van der Waals surface area contributed by atoms with Crippen molar-refractivity contribution in [1.29, 1.82) is 0 Å². The number of halogens is 1. The predicted octanol–water partition coefficient (Wildman–Crippen LogP) is 4.76. The Labute approximate surface area is 187 Å². The molecule has 0 heterocycles. The quantitative estimate of drug-likeness (QED) is 0.531. The highest BCUT2D eigenvalue weighted by molar-refractivity contribution is 7.92. The van der Waals surface area contributed by atoms with E-state index in [-0.39, 0.29) is 11.0 Å². The summed E-state index contributed by atoms with van der Waals surface area (Å²) in [6, 6.07) is 18.2. The van der Waals surface area contributed by atoms with E-state index in [0.29, 0.717) is 17.1 Å². The lowest BCUT2D eigenvalue weighted by atomic mass is 10.2. The Balaban J connectivity index is 1.92. The lowest BCUT2D eigenvalue weighted by molar-refractivity contribution is -0.114. The zero-order valence-electron chi connectivity index (χ0n) is 18.1. The van der Waals surface area contributed by atoms with Gasteiger partial charge in [-0.15, -0.1) is 0 Å². The monoisotopic (exact) mass is 456 g/mol. The maximum absolute atomic E-state index is 13.3. The maximum atomic E-state index is 13.3. The zero-order valence-corrected chi connectivity index (χ0v) is 18.9. The van der Waals surface area contributed by atoms with Crippen LogP contribution in [0.15, 0.2) is 77.7 Å². The van der Waals surface area contributed by atoms with E-state index in [1.54, 1.807) is 48.5 Å². The van der Waals surface area contributed by atoms with Crippen LogP contribution in [-0.4, -0.2) is 27.0 Å². The first-order chi connectivity index (χ1) is 15.2. The molecule has 32 heavy (non-hydrogen) atoms. The van der Waals surface area contributed by atoms with Crippen molar-refractivity contribution in [3.05, 3.63) is 84.2 Å². The molecule has 168 valence electrons. The van der Waals surface area contributed by atoms with Gasteiger partial charge in [-0.3, -0.25) is 9.10 Å². The molecule has 0 aliphatic heterocycles. The third kappa shape index (κ3) is 5.64. The molecule has 0 saturated carbocycles. The number of carbonyl (C=O) groups excluding carboxylic acids is 1. The van der Waals surface area contributed by atoms with Crippen molar-refractivity contribution < 1.29 is 22.3 Å². The van der Waals surface area contributed by atoms with Gasteiger partial charge in [0.25, 0.3) is 10.0 Å². The van der Waals surface area contributed by atoms with Gasteiger partial charge in [-0.05, 0) is 69.3 Å². The fourth-order valence-corrected chi connectivity index (χ4v) is 4.43. The van der Waals surface area contributed by atoms with E-state index in [0.717, 1.165) is 22.0 Å². The summed E-state index contributed by atoms with van der Waals surface area (Å²) in [6.07, 6.45) is -0.101. The number of sulfonamides is 1. The van der Waals surface area contributed by atoms with Crippen LogP contribution in [0.25, 0.3) is 0 Å². The van der Waals surface area contributed by atoms with Crippen molar-refractivity contribution in [3.63, 3.8) is 0 Å².